The van der Waals surface area contributed by atoms with Crippen LogP contribution in [0.25, 0.3) is 0 Å². The summed E-state index contributed by atoms with van der Waals surface area (Å²) in [5, 5.41) is 9.58. The zero-order valence-corrected chi connectivity index (χ0v) is 12.6. The van der Waals surface area contributed by atoms with Crippen LogP contribution in [0, 0.1) is 6.92 Å². The molecular weight excluding hydrogens is 280 g/mol. The Hall–Kier alpha value is -2.37. The van der Waals surface area contributed by atoms with Crippen LogP contribution in [0.4, 0.5) is 4.79 Å². The van der Waals surface area contributed by atoms with Gasteiger partial charge in [0.25, 0.3) is 0 Å². The van der Waals surface area contributed by atoms with Crippen LogP contribution in [0.15, 0.2) is 28.8 Å². The molecule has 2 aromatic rings. The van der Waals surface area contributed by atoms with E-state index in [1.807, 2.05) is 6.07 Å². The maximum atomic E-state index is 11.9. The second kappa shape index (κ2) is 6.60. The Morgan fingerprint density at radius 3 is 2.95 bits per heavy atom. The third-order valence-electron chi connectivity index (χ3n) is 3.88. The molecule has 6 heteroatoms. The number of hydrogen-bond acceptors (Lipinski definition) is 4. The number of aromatic nitrogens is 2. The summed E-state index contributed by atoms with van der Waals surface area (Å²) in [6.45, 7) is 2.25. The van der Waals surface area contributed by atoms with E-state index in [1.165, 1.54) is 11.1 Å². The third-order valence-corrected chi connectivity index (χ3v) is 3.88. The van der Waals surface area contributed by atoms with E-state index in [9.17, 15) is 4.79 Å². The monoisotopic (exact) mass is 300 g/mol. The summed E-state index contributed by atoms with van der Waals surface area (Å²) in [7, 11) is 0. The molecule has 1 atom stereocenters. The molecule has 2 N–H and O–H groups in total. The molecule has 116 valence electrons. The smallest absolute Gasteiger partial charge is 0.315 e. The quantitative estimate of drug-likeness (QED) is 0.902. The Morgan fingerprint density at radius 1 is 1.36 bits per heavy atom. The van der Waals surface area contributed by atoms with Gasteiger partial charge in [0.15, 0.2) is 5.82 Å². The predicted molar refractivity (Wildman–Crippen MR) is 81.5 cm³/mol. The average molecular weight is 300 g/mol. The zero-order valence-electron chi connectivity index (χ0n) is 12.6. The second-order valence-electron chi connectivity index (χ2n) is 5.59. The van der Waals surface area contributed by atoms with Crippen molar-refractivity contribution < 1.29 is 9.32 Å². The fourth-order valence-corrected chi connectivity index (χ4v) is 2.78. The lowest BCUT2D eigenvalue weighted by Gasteiger charge is -2.25. The number of carbonyl (C=O) groups is 1. The Kier molecular flexibility index (Phi) is 4.37. The van der Waals surface area contributed by atoms with Crippen LogP contribution in [0.1, 0.15) is 29.3 Å². The molecule has 0 bridgehead atoms. The first-order chi connectivity index (χ1) is 10.7. The molecule has 1 heterocycles. The highest BCUT2D eigenvalue weighted by Gasteiger charge is 2.19. The van der Waals surface area contributed by atoms with Gasteiger partial charge >= 0.3 is 6.03 Å². The number of nitrogens with zero attached hydrogens (tertiary/aromatic N) is 2. The fourth-order valence-electron chi connectivity index (χ4n) is 2.78. The average Bonchev–Trinajstić information content (AvgIpc) is 2.92. The number of urea groups is 1. The van der Waals surface area contributed by atoms with Crippen molar-refractivity contribution in [1.29, 1.82) is 0 Å². The molecule has 0 aliphatic heterocycles. The summed E-state index contributed by atoms with van der Waals surface area (Å²) in [5.74, 6) is 1.16. The minimum absolute atomic E-state index is 0.138. The van der Waals surface area contributed by atoms with Crippen molar-refractivity contribution in [2.75, 3.05) is 6.54 Å². The molecule has 3 rings (SSSR count). The van der Waals surface area contributed by atoms with Crippen molar-refractivity contribution in [1.82, 2.24) is 20.8 Å². The van der Waals surface area contributed by atoms with Crippen LogP contribution in [-0.2, 0) is 19.3 Å². The highest BCUT2D eigenvalue weighted by Crippen LogP contribution is 2.20. The number of rotatable bonds is 4. The van der Waals surface area contributed by atoms with E-state index < -0.39 is 0 Å². The van der Waals surface area contributed by atoms with Gasteiger partial charge in [0.2, 0.25) is 5.89 Å². The summed E-state index contributed by atoms with van der Waals surface area (Å²) >= 11 is 0. The highest BCUT2D eigenvalue weighted by molar-refractivity contribution is 5.74. The molecule has 1 aliphatic carbocycles. The molecule has 0 radical (unpaired) electrons. The fraction of sp³-hybridized carbons (Fsp3) is 0.438. The zero-order chi connectivity index (χ0) is 15.4. The van der Waals surface area contributed by atoms with E-state index in [-0.39, 0.29) is 12.1 Å². The van der Waals surface area contributed by atoms with Gasteiger partial charge in [-0.3, -0.25) is 0 Å². The van der Waals surface area contributed by atoms with Gasteiger partial charge in [-0.2, -0.15) is 4.98 Å². The van der Waals surface area contributed by atoms with Crippen molar-refractivity contribution in [3.05, 3.63) is 47.1 Å². The standard InChI is InChI=1S/C16H20N4O2/c1-11-18-15(22-20-11)8-9-17-16(21)19-14-7-6-12-4-2-3-5-13(12)10-14/h2-5,14H,6-10H2,1H3,(H2,17,19,21)/t14-/m0/s1. The largest absolute Gasteiger partial charge is 0.339 e. The summed E-state index contributed by atoms with van der Waals surface area (Å²) in [4.78, 5) is 16.0. The van der Waals surface area contributed by atoms with Crippen LogP contribution < -0.4 is 10.6 Å². The molecule has 0 saturated heterocycles. The van der Waals surface area contributed by atoms with Gasteiger partial charge in [-0.25, -0.2) is 4.79 Å². The van der Waals surface area contributed by atoms with Crippen LogP contribution >= 0.6 is 0 Å². The number of hydrogen-bond donors (Lipinski definition) is 2. The summed E-state index contributed by atoms with van der Waals surface area (Å²) < 4.78 is 5.00. The lowest BCUT2D eigenvalue weighted by molar-refractivity contribution is 0.235. The molecule has 0 spiro atoms. The molecule has 0 saturated carbocycles. The molecule has 6 nitrogen and oxygen atoms in total. The highest BCUT2D eigenvalue weighted by atomic mass is 16.5. The number of nitrogens with one attached hydrogen (secondary N) is 2. The second-order valence-corrected chi connectivity index (χ2v) is 5.59. The first-order valence-electron chi connectivity index (χ1n) is 7.61. The molecule has 22 heavy (non-hydrogen) atoms. The lowest BCUT2D eigenvalue weighted by Crippen LogP contribution is -2.45. The Labute approximate surface area is 129 Å². The molecule has 1 aromatic carbocycles. The third kappa shape index (κ3) is 3.63. The maximum absolute atomic E-state index is 11.9. The number of fused-ring (bicyclic) bond motifs is 1. The number of aryl methyl sites for hydroxylation is 2. The lowest BCUT2D eigenvalue weighted by atomic mass is 9.88. The molecule has 1 aliphatic rings. The number of amides is 2. The topological polar surface area (TPSA) is 80.0 Å². The number of benzene rings is 1. The summed E-state index contributed by atoms with van der Waals surface area (Å²) in [6, 6.07) is 8.48. The van der Waals surface area contributed by atoms with Crippen molar-refractivity contribution >= 4 is 6.03 Å². The van der Waals surface area contributed by atoms with Gasteiger partial charge in [-0.05, 0) is 37.3 Å². The first-order valence-corrected chi connectivity index (χ1v) is 7.61. The van der Waals surface area contributed by atoms with Gasteiger partial charge in [0.1, 0.15) is 0 Å². The maximum Gasteiger partial charge on any atom is 0.315 e. The van der Waals surface area contributed by atoms with Crippen molar-refractivity contribution in [3.8, 4) is 0 Å². The first kappa shape index (κ1) is 14.6. The van der Waals surface area contributed by atoms with Crippen LogP contribution in [-0.4, -0.2) is 28.8 Å². The molecule has 0 unspecified atom stereocenters. The minimum atomic E-state index is -0.138. The van der Waals surface area contributed by atoms with Gasteiger partial charge < -0.3 is 15.2 Å². The number of carbonyl (C=O) groups excluding carboxylic acids is 1. The summed E-state index contributed by atoms with van der Waals surface area (Å²) in [5.41, 5.74) is 2.73. The van der Waals surface area contributed by atoms with Crippen molar-refractivity contribution in [2.24, 2.45) is 0 Å². The van der Waals surface area contributed by atoms with E-state index in [2.05, 4.69) is 39.0 Å². The van der Waals surface area contributed by atoms with E-state index in [1.54, 1.807) is 6.92 Å². The van der Waals surface area contributed by atoms with Crippen molar-refractivity contribution in [2.45, 2.75) is 38.6 Å². The molecular formula is C16H20N4O2. The Morgan fingerprint density at radius 2 is 2.18 bits per heavy atom. The van der Waals surface area contributed by atoms with Crippen LogP contribution in [0.2, 0.25) is 0 Å². The molecule has 2 amide bonds. The Balaban J connectivity index is 1.43. The predicted octanol–water partition coefficient (Wildman–Crippen LogP) is 1.78. The summed E-state index contributed by atoms with van der Waals surface area (Å²) in [6.07, 6.45) is 3.43. The van der Waals surface area contributed by atoms with Crippen LogP contribution in [0.5, 0.6) is 0 Å². The van der Waals surface area contributed by atoms with Gasteiger partial charge in [-0.1, -0.05) is 29.4 Å². The van der Waals surface area contributed by atoms with E-state index in [0.29, 0.717) is 24.7 Å². The van der Waals surface area contributed by atoms with Gasteiger partial charge in [0, 0.05) is 19.0 Å². The van der Waals surface area contributed by atoms with E-state index in [4.69, 9.17) is 4.52 Å². The van der Waals surface area contributed by atoms with Crippen molar-refractivity contribution in [3.63, 3.8) is 0 Å². The van der Waals surface area contributed by atoms with E-state index in [0.717, 1.165) is 19.3 Å². The van der Waals surface area contributed by atoms with Crippen LogP contribution in [0.3, 0.4) is 0 Å². The normalized spacial score (nSPS) is 16.9. The SMILES string of the molecule is Cc1noc(CCNC(=O)N[C@H]2CCc3ccccc3C2)n1. The van der Waals surface area contributed by atoms with Gasteiger partial charge in [0.05, 0.1) is 0 Å². The Bertz CT molecular complexity index is 653. The van der Waals surface area contributed by atoms with Gasteiger partial charge in [-0.15, -0.1) is 0 Å². The van der Waals surface area contributed by atoms with E-state index >= 15 is 0 Å². The molecule has 1 aromatic heterocycles. The minimum Gasteiger partial charge on any atom is -0.339 e. The molecule has 0 fully saturated rings.